The summed E-state index contributed by atoms with van der Waals surface area (Å²) in [6, 6.07) is 5.35. The number of benzene rings is 1. The second-order valence-corrected chi connectivity index (χ2v) is 4.38. The van der Waals surface area contributed by atoms with E-state index in [1.807, 2.05) is 13.8 Å². The van der Waals surface area contributed by atoms with Crippen LogP contribution in [-0.2, 0) is 0 Å². The molecule has 82 valence electrons. The third-order valence-electron chi connectivity index (χ3n) is 2.23. The smallest absolute Gasteiger partial charge is 0.252 e. The molecule has 1 atom stereocenters. The van der Waals surface area contributed by atoms with E-state index in [2.05, 4.69) is 21.2 Å². The molecule has 1 rings (SSSR count). The molecule has 0 saturated heterocycles. The number of nitrogen functional groups attached to an aromatic ring is 1. The fourth-order valence-electron chi connectivity index (χ4n) is 1.12. The van der Waals surface area contributed by atoms with Gasteiger partial charge in [-0.1, -0.05) is 6.92 Å². The lowest BCUT2D eigenvalue weighted by molar-refractivity contribution is 0.0938. The molecule has 0 spiro atoms. The summed E-state index contributed by atoms with van der Waals surface area (Å²) in [5.41, 5.74) is 6.85. The maximum absolute atomic E-state index is 11.8. The lowest BCUT2D eigenvalue weighted by atomic mass is 10.1. The van der Waals surface area contributed by atoms with Crippen molar-refractivity contribution >= 4 is 27.5 Å². The molecule has 1 aromatic carbocycles. The van der Waals surface area contributed by atoms with Gasteiger partial charge in [-0.05, 0) is 47.5 Å². The van der Waals surface area contributed by atoms with Gasteiger partial charge in [-0.15, -0.1) is 0 Å². The maximum atomic E-state index is 11.8. The fraction of sp³-hybridized carbons (Fsp3) is 0.364. The predicted octanol–water partition coefficient (Wildman–Crippen LogP) is 2.56. The summed E-state index contributed by atoms with van der Waals surface area (Å²) in [7, 11) is 0. The van der Waals surface area contributed by atoms with Gasteiger partial charge in [0.05, 0.1) is 5.56 Å². The van der Waals surface area contributed by atoms with Crippen molar-refractivity contribution in [2.24, 2.45) is 0 Å². The van der Waals surface area contributed by atoms with Gasteiger partial charge in [0.15, 0.2) is 0 Å². The first-order valence-corrected chi connectivity index (χ1v) is 5.69. The minimum Gasteiger partial charge on any atom is -0.399 e. The molecule has 0 radical (unpaired) electrons. The lowest BCUT2D eigenvalue weighted by Gasteiger charge is -2.12. The number of hydrogen-bond donors (Lipinski definition) is 2. The van der Waals surface area contributed by atoms with Crippen LogP contribution < -0.4 is 11.1 Å². The van der Waals surface area contributed by atoms with E-state index >= 15 is 0 Å². The number of anilines is 1. The van der Waals surface area contributed by atoms with Crippen LogP contribution in [0.2, 0.25) is 0 Å². The molecule has 3 nitrogen and oxygen atoms in total. The minimum atomic E-state index is -0.0729. The van der Waals surface area contributed by atoms with E-state index in [1.165, 1.54) is 0 Å². The number of halogens is 1. The molecule has 0 aromatic heterocycles. The van der Waals surface area contributed by atoms with Crippen molar-refractivity contribution in [3.8, 4) is 0 Å². The lowest BCUT2D eigenvalue weighted by Crippen LogP contribution is -2.32. The molecule has 0 aliphatic carbocycles. The monoisotopic (exact) mass is 270 g/mol. The van der Waals surface area contributed by atoms with Gasteiger partial charge in [-0.2, -0.15) is 0 Å². The molecule has 1 amide bonds. The molecule has 0 fully saturated rings. The first kappa shape index (κ1) is 12.0. The zero-order valence-electron chi connectivity index (χ0n) is 8.88. The summed E-state index contributed by atoms with van der Waals surface area (Å²) >= 11 is 3.32. The first-order chi connectivity index (χ1) is 7.04. The Morgan fingerprint density at radius 1 is 1.60 bits per heavy atom. The molecule has 0 bridgehead atoms. The SMILES string of the molecule is CCC(C)NC(=O)c1ccc(N)cc1Br. The van der Waals surface area contributed by atoms with Crippen molar-refractivity contribution in [3.63, 3.8) is 0 Å². The van der Waals surface area contributed by atoms with Gasteiger partial charge in [0.1, 0.15) is 0 Å². The van der Waals surface area contributed by atoms with Crippen LogP contribution in [-0.4, -0.2) is 11.9 Å². The van der Waals surface area contributed by atoms with Crippen molar-refractivity contribution in [3.05, 3.63) is 28.2 Å². The Bertz CT molecular complexity index is 366. The van der Waals surface area contributed by atoms with Crippen molar-refractivity contribution in [2.45, 2.75) is 26.3 Å². The Kier molecular flexibility index (Phi) is 4.15. The quantitative estimate of drug-likeness (QED) is 0.830. The highest BCUT2D eigenvalue weighted by molar-refractivity contribution is 9.10. The Morgan fingerprint density at radius 3 is 2.80 bits per heavy atom. The van der Waals surface area contributed by atoms with E-state index in [0.717, 1.165) is 10.9 Å². The Morgan fingerprint density at radius 2 is 2.27 bits per heavy atom. The van der Waals surface area contributed by atoms with Crippen molar-refractivity contribution in [2.75, 3.05) is 5.73 Å². The van der Waals surface area contributed by atoms with Crippen LogP contribution in [0, 0.1) is 0 Å². The van der Waals surface area contributed by atoms with E-state index < -0.39 is 0 Å². The number of nitrogens with two attached hydrogens (primary N) is 1. The molecule has 0 aliphatic heterocycles. The average molecular weight is 271 g/mol. The van der Waals surface area contributed by atoms with Crippen LogP contribution in [0.1, 0.15) is 30.6 Å². The van der Waals surface area contributed by atoms with E-state index in [4.69, 9.17) is 5.73 Å². The van der Waals surface area contributed by atoms with E-state index in [-0.39, 0.29) is 11.9 Å². The van der Waals surface area contributed by atoms with Gasteiger partial charge >= 0.3 is 0 Å². The van der Waals surface area contributed by atoms with Gasteiger partial charge in [0.25, 0.3) is 5.91 Å². The van der Waals surface area contributed by atoms with Crippen LogP contribution in [0.4, 0.5) is 5.69 Å². The average Bonchev–Trinajstić information content (AvgIpc) is 2.17. The Labute approximate surface area is 98.2 Å². The molecule has 0 aliphatic rings. The summed E-state index contributed by atoms with van der Waals surface area (Å²) < 4.78 is 0.725. The summed E-state index contributed by atoms with van der Waals surface area (Å²) in [6.07, 6.45) is 0.915. The first-order valence-electron chi connectivity index (χ1n) is 4.90. The fourth-order valence-corrected chi connectivity index (χ4v) is 1.70. The van der Waals surface area contributed by atoms with Crippen molar-refractivity contribution in [1.82, 2.24) is 5.32 Å². The van der Waals surface area contributed by atoms with Gasteiger partial charge in [0.2, 0.25) is 0 Å². The van der Waals surface area contributed by atoms with E-state index in [9.17, 15) is 4.79 Å². The summed E-state index contributed by atoms with van der Waals surface area (Å²) in [4.78, 5) is 11.8. The standard InChI is InChI=1S/C11H15BrN2O/c1-3-7(2)14-11(15)9-5-4-8(13)6-10(9)12/h4-7H,3,13H2,1-2H3,(H,14,15). The largest absolute Gasteiger partial charge is 0.399 e. The van der Waals surface area contributed by atoms with Crippen molar-refractivity contribution < 1.29 is 4.79 Å². The second kappa shape index (κ2) is 5.16. The minimum absolute atomic E-state index is 0.0729. The maximum Gasteiger partial charge on any atom is 0.252 e. The third kappa shape index (κ3) is 3.23. The molecule has 0 heterocycles. The normalized spacial score (nSPS) is 12.2. The van der Waals surface area contributed by atoms with Gasteiger partial charge in [-0.3, -0.25) is 4.79 Å². The van der Waals surface area contributed by atoms with Crippen LogP contribution in [0.3, 0.4) is 0 Å². The molecular weight excluding hydrogens is 256 g/mol. The summed E-state index contributed by atoms with van der Waals surface area (Å²) in [5, 5.41) is 2.90. The van der Waals surface area contributed by atoms with Gasteiger partial charge in [0, 0.05) is 16.2 Å². The summed E-state index contributed by atoms with van der Waals surface area (Å²) in [6.45, 7) is 4.01. The van der Waals surface area contributed by atoms with E-state index in [0.29, 0.717) is 11.3 Å². The molecule has 4 heteroatoms. The summed E-state index contributed by atoms with van der Waals surface area (Å²) in [5.74, 6) is -0.0729. The topological polar surface area (TPSA) is 55.1 Å². The highest BCUT2D eigenvalue weighted by Crippen LogP contribution is 2.19. The van der Waals surface area contributed by atoms with Crippen LogP contribution in [0.5, 0.6) is 0 Å². The highest BCUT2D eigenvalue weighted by atomic mass is 79.9. The molecule has 3 N–H and O–H groups in total. The number of carbonyl (C=O) groups is 1. The zero-order chi connectivity index (χ0) is 11.4. The highest BCUT2D eigenvalue weighted by Gasteiger charge is 2.11. The number of hydrogen-bond acceptors (Lipinski definition) is 2. The van der Waals surface area contributed by atoms with E-state index in [1.54, 1.807) is 18.2 Å². The molecule has 1 aromatic rings. The molecular formula is C11H15BrN2O. The van der Waals surface area contributed by atoms with Crippen LogP contribution in [0.15, 0.2) is 22.7 Å². The predicted molar refractivity (Wildman–Crippen MR) is 65.8 cm³/mol. The molecule has 1 unspecified atom stereocenters. The Balaban J connectivity index is 2.82. The van der Waals surface area contributed by atoms with Crippen LogP contribution in [0.25, 0.3) is 0 Å². The number of amides is 1. The third-order valence-corrected chi connectivity index (χ3v) is 2.88. The molecule has 15 heavy (non-hydrogen) atoms. The van der Waals surface area contributed by atoms with Crippen molar-refractivity contribution in [1.29, 1.82) is 0 Å². The second-order valence-electron chi connectivity index (χ2n) is 3.52. The number of rotatable bonds is 3. The van der Waals surface area contributed by atoms with Gasteiger partial charge < -0.3 is 11.1 Å². The van der Waals surface area contributed by atoms with Crippen LogP contribution >= 0.6 is 15.9 Å². The molecule has 0 saturated carbocycles. The number of carbonyl (C=O) groups excluding carboxylic acids is 1. The zero-order valence-corrected chi connectivity index (χ0v) is 10.5. The number of nitrogens with one attached hydrogen (secondary N) is 1. The Hall–Kier alpha value is -1.03. The van der Waals surface area contributed by atoms with Gasteiger partial charge in [-0.25, -0.2) is 0 Å².